The van der Waals surface area contributed by atoms with Gasteiger partial charge in [0, 0.05) is 23.5 Å². The van der Waals surface area contributed by atoms with Crippen molar-refractivity contribution < 1.29 is 18.4 Å². The number of carbonyl (C=O) groups excluding carboxylic acids is 1. The monoisotopic (exact) mass is 545 g/mol. The molecule has 0 aromatic heterocycles. The number of benzene rings is 3. The molecule has 0 unspecified atom stereocenters. The van der Waals surface area contributed by atoms with Gasteiger partial charge in [0.15, 0.2) is 0 Å². The summed E-state index contributed by atoms with van der Waals surface area (Å²) < 4.78 is 24.7. The molecule has 2 aliphatic heterocycles. The Kier molecular flexibility index (Phi) is 8.63. The smallest absolute Gasteiger partial charge is 0.354 e. The van der Waals surface area contributed by atoms with Crippen LogP contribution in [0.25, 0.3) is 11.3 Å². The molecule has 1 fully saturated rings. The fourth-order valence-electron chi connectivity index (χ4n) is 5.20. The summed E-state index contributed by atoms with van der Waals surface area (Å²) in [6, 6.07) is 23.4. The first kappa shape index (κ1) is 27.4. The molecule has 0 bridgehead atoms. The summed E-state index contributed by atoms with van der Waals surface area (Å²) in [6.07, 6.45) is 3.86. The first-order valence-corrected chi connectivity index (χ1v) is 15.3. The van der Waals surface area contributed by atoms with Crippen molar-refractivity contribution in [1.82, 2.24) is 4.90 Å². The molecule has 5 rings (SSSR count). The van der Waals surface area contributed by atoms with E-state index in [0.717, 1.165) is 30.9 Å². The molecule has 1 amide bonds. The summed E-state index contributed by atoms with van der Waals surface area (Å²) >= 11 is 0. The second-order valence-corrected chi connectivity index (χ2v) is 11.8. The highest BCUT2D eigenvalue weighted by Crippen LogP contribution is 2.48. The molecule has 8 heteroatoms. The van der Waals surface area contributed by atoms with E-state index in [1.54, 1.807) is 32.0 Å². The van der Waals surface area contributed by atoms with Gasteiger partial charge in [-0.25, -0.2) is 0 Å². The molecular weight excluding hydrogens is 509 g/mol. The minimum Gasteiger partial charge on any atom is -0.354 e. The molecule has 39 heavy (non-hydrogen) atoms. The van der Waals surface area contributed by atoms with Crippen molar-refractivity contribution in [3.8, 4) is 0 Å². The summed E-state index contributed by atoms with van der Waals surface area (Å²) in [6.45, 7) is 7.32. The number of carbonyl (C=O) groups is 1. The minimum atomic E-state index is -3.53. The lowest BCUT2D eigenvalue weighted by Crippen LogP contribution is -2.29. The summed E-state index contributed by atoms with van der Waals surface area (Å²) in [7, 11) is -3.53. The molecule has 0 saturated carbocycles. The first-order chi connectivity index (χ1) is 19.0. The molecule has 1 saturated heterocycles. The summed E-state index contributed by atoms with van der Waals surface area (Å²) in [5, 5.41) is 6.91. The molecule has 204 valence electrons. The van der Waals surface area contributed by atoms with E-state index >= 15 is 0 Å². The van der Waals surface area contributed by atoms with E-state index in [-0.39, 0.29) is 19.1 Å². The average Bonchev–Trinajstić information content (AvgIpc) is 3.28. The number of hydrogen-bond donors (Lipinski definition) is 2. The topological polar surface area (TPSA) is 79.9 Å². The van der Waals surface area contributed by atoms with Crippen LogP contribution in [0.4, 0.5) is 11.4 Å². The third-order valence-corrected chi connectivity index (χ3v) is 9.16. The van der Waals surface area contributed by atoms with E-state index in [1.165, 1.54) is 24.8 Å². The highest BCUT2D eigenvalue weighted by molar-refractivity contribution is 7.62. The molecular formula is C31H36N3O4P. The Balaban J connectivity index is 1.52. The number of likely N-dealkylation sites (tertiary alicyclic amines) is 1. The summed E-state index contributed by atoms with van der Waals surface area (Å²) in [5.74, 6) is -0.224. The van der Waals surface area contributed by atoms with Crippen LogP contribution in [0.15, 0.2) is 72.8 Å². The highest BCUT2D eigenvalue weighted by atomic mass is 31.2. The number of rotatable bonds is 10. The van der Waals surface area contributed by atoms with Gasteiger partial charge < -0.3 is 19.7 Å². The summed E-state index contributed by atoms with van der Waals surface area (Å²) in [4.78, 5) is 15.9. The first-order valence-electron chi connectivity index (χ1n) is 13.7. The number of piperidine rings is 1. The molecule has 7 nitrogen and oxygen atoms in total. The normalized spacial score (nSPS) is 17.0. The van der Waals surface area contributed by atoms with E-state index in [0.29, 0.717) is 27.8 Å². The van der Waals surface area contributed by atoms with Gasteiger partial charge in [0.05, 0.1) is 29.8 Å². The van der Waals surface area contributed by atoms with Crippen LogP contribution in [0.2, 0.25) is 0 Å². The van der Waals surface area contributed by atoms with Crippen LogP contribution in [-0.2, 0) is 25.0 Å². The zero-order valence-corrected chi connectivity index (χ0v) is 23.5. The fraction of sp³-hybridized carbons (Fsp3) is 0.323. The predicted molar refractivity (Wildman–Crippen MR) is 158 cm³/mol. The Bertz CT molecular complexity index is 1370. The molecule has 0 aliphatic carbocycles. The van der Waals surface area contributed by atoms with Crippen LogP contribution in [-0.4, -0.2) is 37.1 Å². The third-order valence-electron chi connectivity index (χ3n) is 7.05. The molecule has 0 atom stereocenters. The second-order valence-electron chi connectivity index (χ2n) is 9.79. The van der Waals surface area contributed by atoms with Crippen LogP contribution >= 0.6 is 7.60 Å². The third kappa shape index (κ3) is 6.18. The molecule has 2 N–H and O–H groups in total. The number of fused-ring (bicyclic) bond motifs is 1. The molecule has 3 aromatic carbocycles. The second kappa shape index (κ2) is 12.3. The quantitative estimate of drug-likeness (QED) is 0.224. The van der Waals surface area contributed by atoms with Gasteiger partial charge in [-0.05, 0) is 81.2 Å². The van der Waals surface area contributed by atoms with Gasteiger partial charge in [-0.3, -0.25) is 14.3 Å². The maximum absolute atomic E-state index is 13.5. The Labute approximate surface area is 230 Å². The van der Waals surface area contributed by atoms with Crippen molar-refractivity contribution in [1.29, 1.82) is 0 Å². The van der Waals surface area contributed by atoms with Gasteiger partial charge in [0.25, 0.3) is 5.91 Å². The molecule has 2 heterocycles. The summed E-state index contributed by atoms with van der Waals surface area (Å²) in [5.41, 5.74) is 5.50. The highest BCUT2D eigenvalue weighted by Gasteiger charge is 2.33. The van der Waals surface area contributed by atoms with Crippen LogP contribution in [0, 0.1) is 0 Å². The van der Waals surface area contributed by atoms with Crippen molar-refractivity contribution in [3.05, 3.63) is 89.5 Å². The van der Waals surface area contributed by atoms with Gasteiger partial charge in [0.1, 0.15) is 0 Å². The maximum Gasteiger partial charge on any atom is 0.361 e. The largest absolute Gasteiger partial charge is 0.361 e. The van der Waals surface area contributed by atoms with E-state index in [4.69, 9.17) is 9.05 Å². The predicted octanol–water partition coefficient (Wildman–Crippen LogP) is 6.50. The maximum atomic E-state index is 13.5. The standard InChI is InChI=1S/C31H36N3O4P/c1-3-37-39(36,38-4-2)26-17-18-28-27(21-26)29(31(35)33-28)30(24-11-7-5-8-12-24)32-25-15-13-23(14-16-25)22-34-19-9-6-10-20-34/h5,7-8,11-18,21,32H,3-4,6,9-10,19-20,22H2,1-2H3,(H,33,35). The molecule has 2 aliphatic rings. The van der Waals surface area contributed by atoms with Gasteiger partial charge in [-0.15, -0.1) is 0 Å². The number of nitrogens with one attached hydrogen (secondary N) is 2. The van der Waals surface area contributed by atoms with Crippen molar-refractivity contribution in [2.24, 2.45) is 0 Å². The Morgan fingerprint density at radius 3 is 2.28 bits per heavy atom. The van der Waals surface area contributed by atoms with Crippen LogP contribution in [0.1, 0.15) is 49.8 Å². The molecule has 0 spiro atoms. The average molecular weight is 546 g/mol. The van der Waals surface area contributed by atoms with E-state index in [2.05, 4.69) is 39.8 Å². The lowest BCUT2D eigenvalue weighted by molar-refractivity contribution is -0.110. The molecule has 3 aromatic rings. The number of nitrogens with zero attached hydrogens (tertiary/aromatic N) is 1. The zero-order chi connectivity index (χ0) is 27.2. The van der Waals surface area contributed by atoms with Crippen molar-refractivity contribution in [3.63, 3.8) is 0 Å². The molecule has 0 radical (unpaired) electrons. The van der Waals surface area contributed by atoms with Crippen molar-refractivity contribution in [2.45, 2.75) is 39.7 Å². The Morgan fingerprint density at radius 2 is 1.62 bits per heavy atom. The number of anilines is 2. The van der Waals surface area contributed by atoms with Crippen LogP contribution in [0.5, 0.6) is 0 Å². The van der Waals surface area contributed by atoms with Crippen LogP contribution < -0.4 is 15.9 Å². The van der Waals surface area contributed by atoms with Gasteiger partial charge in [-0.2, -0.15) is 0 Å². The zero-order valence-electron chi connectivity index (χ0n) is 22.6. The lowest BCUT2D eigenvalue weighted by Gasteiger charge is -2.26. The van der Waals surface area contributed by atoms with Crippen LogP contribution in [0.3, 0.4) is 0 Å². The van der Waals surface area contributed by atoms with E-state index in [9.17, 15) is 9.36 Å². The van der Waals surface area contributed by atoms with Crippen molar-refractivity contribution in [2.75, 3.05) is 36.9 Å². The van der Waals surface area contributed by atoms with Gasteiger partial charge in [-0.1, -0.05) is 48.9 Å². The van der Waals surface area contributed by atoms with Gasteiger partial charge in [0.2, 0.25) is 0 Å². The van der Waals surface area contributed by atoms with Crippen molar-refractivity contribution >= 4 is 41.5 Å². The Hall–Kier alpha value is -3.22. The van der Waals surface area contributed by atoms with Gasteiger partial charge >= 0.3 is 7.60 Å². The number of hydrogen-bond acceptors (Lipinski definition) is 6. The minimum absolute atomic E-state index is 0.224. The Morgan fingerprint density at radius 1 is 0.923 bits per heavy atom. The van der Waals surface area contributed by atoms with E-state index < -0.39 is 7.60 Å². The SMILES string of the molecule is CCOP(=O)(OCC)c1ccc2c(c1)C(=C(Nc1ccc(CN3CCCCC3)cc1)c1ccccc1)C(=O)N2. The lowest BCUT2D eigenvalue weighted by atomic mass is 10.00. The van der Waals surface area contributed by atoms with E-state index in [1.807, 2.05) is 30.3 Å². The number of amides is 1. The fourth-order valence-corrected chi connectivity index (χ4v) is 6.79.